The van der Waals surface area contributed by atoms with Gasteiger partial charge in [-0.05, 0) is 12.8 Å². The first-order valence-electron chi connectivity index (χ1n) is 10.7. The SMILES string of the molecule is O=C(O)N[C@@H](CC(O)N1CCc2c(nc(C(F)(F)F)nc2C(F)(F)F)C1)CN1CC(F)(F)CCC1O. The molecule has 3 heterocycles. The fourth-order valence-corrected chi connectivity index (χ4v) is 4.30. The van der Waals surface area contributed by atoms with Crippen LogP contribution in [0.15, 0.2) is 0 Å². The van der Waals surface area contributed by atoms with Crippen molar-refractivity contribution < 1.29 is 55.2 Å². The van der Waals surface area contributed by atoms with Gasteiger partial charge in [0.25, 0.3) is 5.92 Å². The molecule has 0 saturated carbocycles. The maximum absolute atomic E-state index is 13.7. The molecule has 204 valence electrons. The van der Waals surface area contributed by atoms with Crippen molar-refractivity contribution in [3.05, 3.63) is 22.8 Å². The zero-order valence-electron chi connectivity index (χ0n) is 18.5. The summed E-state index contributed by atoms with van der Waals surface area (Å²) in [5.74, 6) is -5.12. The lowest BCUT2D eigenvalue weighted by atomic mass is 10.0. The summed E-state index contributed by atoms with van der Waals surface area (Å²) in [5, 5.41) is 31.7. The van der Waals surface area contributed by atoms with Gasteiger partial charge < -0.3 is 20.6 Å². The molecule has 1 aromatic rings. The van der Waals surface area contributed by atoms with Crippen LogP contribution in [0.4, 0.5) is 39.9 Å². The molecule has 1 aromatic heterocycles. The van der Waals surface area contributed by atoms with Gasteiger partial charge in [-0.25, -0.2) is 23.5 Å². The molecule has 36 heavy (non-hydrogen) atoms. The first-order chi connectivity index (χ1) is 16.5. The van der Waals surface area contributed by atoms with Gasteiger partial charge >= 0.3 is 18.4 Å². The Morgan fingerprint density at radius 2 is 1.83 bits per heavy atom. The summed E-state index contributed by atoms with van der Waals surface area (Å²) in [4.78, 5) is 19.1. The van der Waals surface area contributed by atoms with E-state index in [1.165, 1.54) is 0 Å². The van der Waals surface area contributed by atoms with Crippen LogP contribution < -0.4 is 5.32 Å². The number of nitrogens with zero attached hydrogens (tertiary/aromatic N) is 4. The maximum atomic E-state index is 13.7. The number of carboxylic acid groups (broad SMARTS) is 1. The zero-order chi connectivity index (χ0) is 27.1. The highest BCUT2D eigenvalue weighted by Crippen LogP contribution is 2.37. The van der Waals surface area contributed by atoms with Gasteiger partial charge in [-0.1, -0.05) is 0 Å². The normalized spacial score (nSPS) is 23.1. The van der Waals surface area contributed by atoms with Crippen molar-refractivity contribution in [3.63, 3.8) is 0 Å². The summed E-state index contributed by atoms with van der Waals surface area (Å²) in [6.07, 6.45) is -16.6. The van der Waals surface area contributed by atoms with Gasteiger partial charge in [0.05, 0.1) is 12.2 Å². The van der Waals surface area contributed by atoms with Crippen molar-refractivity contribution in [2.45, 2.75) is 69.0 Å². The number of aromatic nitrogens is 2. The fourth-order valence-electron chi connectivity index (χ4n) is 4.30. The molecule has 2 aliphatic rings. The summed E-state index contributed by atoms with van der Waals surface area (Å²) in [7, 11) is 0. The van der Waals surface area contributed by atoms with E-state index >= 15 is 0 Å². The number of fused-ring (bicyclic) bond motifs is 1. The van der Waals surface area contributed by atoms with E-state index in [4.69, 9.17) is 5.11 Å². The van der Waals surface area contributed by atoms with E-state index in [0.29, 0.717) is 0 Å². The van der Waals surface area contributed by atoms with Crippen LogP contribution in [0, 0.1) is 0 Å². The molecule has 17 heteroatoms. The number of piperidine rings is 1. The Morgan fingerprint density at radius 1 is 1.17 bits per heavy atom. The van der Waals surface area contributed by atoms with E-state index in [2.05, 4.69) is 9.97 Å². The smallest absolute Gasteiger partial charge is 0.451 e. The Kier molecular flexibility index (Phi) is 7.98. The Balaban J connectivity index is 1.78. The Labute approximate surface area is 198 Å². The number of nitrogens with one attached hydrogen (secondary N) is 1. The number of amides is 1. The summed E-state index contributed by atoms with van der Waals surface area (Å²) in [5.41, 5.74) is -2.86. The van der Waals surface area contributed by atoms with E-state index in [0.717, 1.165) is 9.80 Å². The number of hydrogen-bond donors (Lipinski definition) is 4. The van der Waals surface area contributed by atoms with Gasteiger partial charge in [-0.2, -0.15) is 26.3 Å². The topological polar surface area (TPSA) is 122 Å². The highest BCUT2D eigenvalue weighted by molar-refractivity contribution is 5.64. The van der Waals surface area contributed by atoms with E-state index in [1.54, 1.807) is 0 Å². The highest BCUT2D eigenvalue weighted by atomic mass is 19.4. The molecule has 3 atom stereocenters. The second kappa shape index (κ2) is 10.2. The molecule has 0 bridgehead atoms. The predicted molar refractivity (Wildman–Crippen MR) is 103 cm³/mol. The highest BCUT2D eigenvalue weighted by Gasteiger charge is 2.44. The average molecular weight is 537 g/mol. The number of aliphatic hydroxyl groups excluding tert-OH is 2. The van der Waals surface area contributed by atoms with Crippen LogP contribution >= 0.6 is 0 Å². The minimum absolute atomic E-state index is 0.254. The van der Waals surface area contributed by atoms with E-state index in [1.807, 2.05) is 5.32 Å². The third kappa shape index (κ3) is 6.89. The molecule has 0 aromatic carbocycles. The standard InChI is InChI=1S/C19H23F8N5O4/c20-17(21)3-1-12(33)32(8-17)6-9(28-16(35)36)5-13(34)31-4-2-10-11(7-31)29-15(19(25,26)27)30-14(10)18(22,23)24/h9,12-13,28,33-34H,1-8H2,(H,35,36)/t9-,12?,13?/m0/s1. The van der Waals surface area contributed by atoms with Crippen molar-refractivity contribution in [2.75, 3.05) is 19.6 Å². The number of halogens is 8. The predicted octanol–water partition coefficient (Wildman–Crippen LogP) is 2.27. The summed E-state index contributed by atoms with van der Waals surface area (Å²) in [6, 6.07) is -1.20. The van der Waals surface area contributed by atoms with Crippen LogP contribution in [0.1, 0.15) is 42.0 Å². The molecule has 1 amide bonds. The van der Waals surface area contributed by atoms with Crippen molar-refractivity contribution in [1.29, 1.82) is 0 Å². The van der Waals surface area contributed by atoms with Crippen molar-refractivity contribution in [2.24, 2.45) is 0 Å². The summed E-state index contributed by atoms with van der Waals surface area (Å²) in [6.45, 7) is -2.18. The lowest BCUT2D eigenvalue weighted by Gasteiger charge is -2.39. The molecule has 4 N–H and O–H groups in total. The van der Waals surface area contributed by atoms with E-state index in [-0.39, 0.29) is 13.0 Å². The monoisotopic (exact) mass is 537 g/mol. The van der Waals surface area contributed by atoms with Crippen LogP contribution in [-0.4, -0.2) is 85.2 Å². The Hall–Kier alpha value is -2.37. The second-order valence-electron chi connectivity index (χ2n) is 8.70. The molecule has 2 unspecified atom stereocenters. The van der Waals surface area contributed by atoms with Crippen molar-refractivity contribution in [1.82, 2.24) is 25.1 Å². The molecule has 2 aliphatic heterocycles. The average Bonchev–Trinajstić information content (AvgIpc) is 2.73. The second-order valence-corrected chi connectivity index (χ2v) is 8.70. The number of hydrogen-bond acceptors (Lipinski definition) is 7. The third-order valence-corrected chi connectivity index (χ3v) is 5.94. The first kappa shape index (κ1) is 28.2. The van der Waals surface area contributed by atoms with Gasteiger partial charge in [-0.3, -0.25) is 9.80 Å². The number of rotatable bonds is 6. The number of aliphatic hydroxyl groups is 2. The van der Waals surface area contributed by atoms with Gasteiger partial charge in [-0.15, -0.1) is 0 Å². The number of likely N-dealkylation sites (tertiary alicyclic amines) is 1. The molecule has 3 rings (SSSR count). The quantitative estimate of drug-likeness (QED) is 0.408. The van der Waals surface area contributed by atoms with Crippen LogP contribution in [0.2, 0.25) is 0 Å². The lowest BCUT2D eigenvalue weighted by Crippen LogP contribution is -2.55. The van der Waals surface area contributed by atoms with Crippen LogP contribution in [0.3, 0.4) is 0 Å². The van der Waals surface area contributed by atoms with Crippen LogP contribution in [0.5, 0.6) is 0 Å². The summed E-state index contributed by atoms with van der Waals surface area (Å²) < 4.78 is 107. The molecular weight excluding hydrogens is 514 g/mol. The number of alkyl halides is 8. The summed E-state index contributed by atoms with van der Waals surface area (Å²) >= 11 is 0. The Morgan fingerprint density at radius 3 is 2.42 bits per heavy atom. The third-order valence-electron chi connectivity index (χ3n) is 5.94. The fraction of sp³-hybridized carbons (Fsp3) is 0.737. The van der Waals surface area contributed by atoms with Crippen molar-refractivity contribution in [3.8, 4) is 0 Å². The first-order valence-corrected chi connectivity index (χ1v) is 10.7. The minimum Gasteiger partial charge on any atom is -0.465 e. The molecule has 0 aliphatic carbocycles. The van der Waals surface area contributed by atoms with Gasteiger partial charge in [0.15, 0.2) is 5.69 Å². The molecular formula is C19H23F8N5O4. The van der Waals surface area contributed by atoms with Crippen LogP contribution in [0.25, 0.3) is 0 Å². The van der Waals surface area contributed by atoms with Gasteiger partial charge in [0.2, 0.25) is 5.82 Å². The zero-order valence-corrected chi connectivity index (χ0v) is 18.5. The maximum Gasteiger partial charge on any atom is 0.451 e. The Bertz CT molecular complexity index is 961. The lowest BCUT2D eigenvalue weighted by molar-refractivity contribution is -0.153. The van der Waals surface area contributed by atoms with Crippen LogP contribution in [-0.2, 0) is 25.3 Å². The molecule has 1 saturated heterocycles. The van der Waals surface area contributed by atoms with E-state index < -0.39 is 105 Å². The molecule has 1 fully saturated rings. The van der Waals surface area contributed by atoms with E-state index in [9.17, 15) is 50.1 Å². The molecule has 9 nitrogen and oxygen atoms in total. The number of carbonyl (C=O) groups is 1. The molecule has 0 radical (unpaired) electrons. The van der Waals surface area contributed by atoms with Crippen molar-refractivity contribution >= 4 is 6.09 Å². The minimum atomic E-state index is -5.26. The van der Waals surface area contributed by atoms with Gasteiger partial charge in [0.1, 0.15) is 12.5 Å². The largest absolute Gasteiger partial charge is 0.465 e. The molecule has 0 spiro atoms. The van der Waals surface area contributed by atoms with Gasteiger partial charge in [0, 0.05) is 44.1 Å².